The zero-order chi connectivity index (χ0) is 14.7. The van der Waals surface area contributed by atoms with E-state index in [1.165, 1.54) is 6.33 Å². The van der Waals surface area contributed by atoms with Gasteiger partial charge in [-0.05, 0) is 39.0 Å². The minimum absolute atomic E-state index is 0.220. The first kappa shape index (κ1) is 14.8. The Bertz CT molecular complexity index is 582. The molecule has 1 heterocycles. The monoisotopic (exact) mass is 295 g/mol. The number of hydrogen-bond donors (Lipinski definition) is 1. The predicted molar refractivity (Wildman–Crippen MR) is 76.8 cm³/mol. The van der Waals surface area contributed by atoms with Gasteiger partial charge in [-0.2, -0.15) is 5.10 Å². The number of ether oxygens (including phenoxy) is 1. The van der Waals surface area contributed by atoms with Gasteiger partial charge in [0.2, 0.25) is 0 Å². The fourth-order valence-corrected chi connectivity index (χ4v) is 2.11. The zero-order valence-corrected chi connectivity index (χ0v) is 12.5. The van der Waals surface area contributed by atoms with Crippen molar-refractivity contribution in [2.75, 3.05) is 0 Å². The van der Waals surface area contributed by atoms with Crippen molar-refractivity contribution in [2.24, 2.45) is 0 Å². The molecule has 0 aliphatic heterocycles. The number of aliphatic hydroxyl groups excluding tert-OH is 1. The number of halogens is 1. The molecule has 0 fully saturated rings. The number of hydrogen-bond acceptors (Lipinski definition) is 4. The maximum Gasteiger partial charge on any atom is 0.165 e. The van der Waals surface area contributed by atoms with E-state index >= 15 is 0 Å². The molecule has 2 rings (SSSR count). The van der Waals surface area contributed by atoms with Crippen LogP contribution in [-0.2, 0) is 6.61 Å². The van der Waals surface area contributed by atoms with E-state index < -0.39 is 6.10 Å². The van der Waals surface area contributed by atoms with Gasteiger partial charge in [0, 0.05) is 16.6 Å². The maximum atomic E-state index is 9.76. The van der Waals surface area contributed by atoms with Crippen LogP contribution in [0.1, 0.15) is 44.3 Å². The van der Waals surface area contributed by atoms with Crippen molar-refractivity contribution in [3.63, 3.8) is 0 Å². The Morgan fingerprint density at radius 3 is 2.75 bits per heavy atom. The first-order valence-corrected chi connectivity index (χ1v) is 6.85. The third-order valence-electron chi connectivity index (χ3n) is 2.92. The van der Waals surface area contributed by atoms with Gasteiger partial charge in [0.05, 0.1) is 6.10 Å². The van der Waals surface area contributed by atoms with Crippen molar-refractivity contribution in [1.82, 2.24) is 14.8 Å². The molecule has 108 valence electrons. The lowest BCUT2D eigenvalue weighted by molar-refractivity contribution is 0.189. The summed E-state index contributed by atoms with van der Waals surface area (Å²) in [7, 11) is 0. The molecule has 0 aliphatic rings. The van der Waals surface area contributed by atoms with Crippen LogP contribution in [0, 0.1) is 0 Å². The van der Waals surface area contributed by atoms with Crippen LogP contribution >= 0.6 is 11.6 Å². The molecule has 1 atom stereocenters. The third-order valence-corrected chi connectivity index (χ3v) is 3.15. The van der Waals surface area contributed by atoms with Crippen LogP contribution in [0.25, 0.3) is 0 Å². The Labute approximate surface area is 123 Å². The molecule has 1 unspecified atom stereocenters. The Balaban J connectivity index is 2.17. The second-order valence-corrected chi connectivity index (χ2v) is 5.30. The smallest absolute Gasteiger partial charge is 0.165 e. The van der Waals surface area contributed by atoms with Gasteiger partial charge < -0.3 is 9.84 Å². The van der Waals surface area contributed by atoms with Crippen LogP contribution in [0.15, 0.2) is 24.5 Å². The highest BCUT2D eigenvalue weighted by Crippen LogP contribution is 2.28. The number of benzene rings is 1. The normalized spacial score (nSPS) is 12.7. The van der Waals surface area contributed by atoms with Crippen LogP contribution in [-0.4, -0.2) is 19.9 Å². The summed E-state index contributed by atoms with van der Waals surface area (Å²) >= 11 is 5.93. The molecule has 0 saturated carbocycles. The fourth-order valence-electron chi connectivity index (χ4n) is 1.93. The van der Waals surface area contributed by atoms with Crippen LogP contribution < -0.4 is 4.74 Å². The largest absolute Gasteiger partial charge is 0.485 e. The molecule has 0 bridgehead atoms. The van der Waals surface area contributed by atoms with E-state index in [-0.39, 0.29) is 6.04 Å². The van der Waals surface area contributed by atoms with Crippen LogP contribution in [0.5, 0.6) is 5.75 Å². The molecule has 0 aliphatic carbocycles. The van der Waals surface area contributed by atoms with Gasteiger partial charge in [-0.25, -0.2) is 9.67 Å². The average Bonchev–Trinajstić information content (AvgIpc) is 2.85. The van der Waals surface area contributed by atoms with Crippen molar-refractivity contribution < 1.29 is 9.84 Å². The molecule has 6 heteroatoms. The standard InChI is InChI=1S/C14H18ClN3O2/c1-9(2)18-14(16-8-17-18)7-20-13-5-4-11(15)6-12(13)10(3)19/h4-6,8-10,19H,7H2,1-3H3. The van der Waals surface area contributed by atoms with Gasteiger partial charge in [-0.1, -0.05) is 11.6 Å². The SMILES string of the molecule is CC(O)c1cc(Cl)ccc1OCc1ncnn1C(C)C. The summed E-state index contributed by atoms with van der Waals surface area (Å²) < 4.78 is 7.55. The molecular formula is C14H18ClN3O2. The minimum Gasteiger partial charge on any atom is -0.485 e. The Morgan fingerprint density at radius 1 is 1.35 bits per heavy atom. The molecule has 1 aromatic carbocycles. The van der Waals surface area contributed by atoms with Gasteiger partial charge in [-0.15, -0.1) is 0 Å². The van der Waals surface area contributed by atoms with Crippen molar-refractivity contribution in [1.29, 1.82) is 0 Å². The summed E-state index contributed by atoms with van der Waals surface area (Å²) in [6, 6.07) is 5.41. The average molecular weight is 296 g/mol. The van der Waals surface area contributed by atoms with Crippen molar-refractivity contribution in [2.45, 2.75) is 39.5 Å². The van der Waals surface area contributed by atoms with Crippen molar-refractivity contribution in [3.05, 3.63) is 40.9 Å². The molecule has 2 aromatic rings. The maximum absolute atomic E-state index is 9.76. The van der Waals surface area contributed by atoms with Crippen molar-refractivity contribution >= 4 is 11.6 Å². The molecule has 1 N–H and O–H groups in total. The summed E-state index contributed by atoms with van der Waals surface area (Å²) in [5, 5.41) is 14.5. The summed E-state index contributed by atoms with van der Waals surface area (Å²) in [4.78, 5) is 4.18. The van der Waals surface area contributed by atoms with E-state index in [1.807, 2.05) is 13.8 Å². The van der Waals surface area contributed by atoms with E-state index in [4.69, 9.17) is 16.3 Å². The molecule has 0 spiro atoms. The van der Waals surface area contributed by atoms with E-state index in [1.54, 1.807) is 29.8 Å². The molecule has 20 heavy (non-hydrogen) atoms. The van der Waals surface area contributed by atoms with Crippen LogP contribution in [0.3, 0.4) is 0 Å². The lowest BCUT2D eigenvalue weighted by Crippen LogP contribution is -2.11. The van der Waals surface area contributed by atoms with Gasteiger partial charge in [0.1, 0.15) is 18.7 Å². The molecule has 5 nitrogen and oxygen atoms in total. The van der Waals surface area contributed by atoms with Gasteiger partial charge in [-0.3, -0.25) is 0 Å². The number of aliphatic hydroxyl groups is 1. The van der Waals surface area contributed by atoms with E-state index in [0.717, 1.165) is 5.82 Å². The number of aromatic nitrogens is 3. The van der Waals surface area contributed by atoms with E-state index in [9.17, 15) is 5.11 Å². The highest BCUT2D eigenvalue weighted by Gasteiger charge is 2.13. The lowest BCUT2D eigenvalue weighted by Gasteiger charge is -2.14. The first-order valence-electron chi connectivity index (χ1n) is 6.47. The Kier molecular flexibility index (Phi) is 4.62. The predicted octanol–water partition coefficient (Wildman–Crippen LogP) is 3.14. The second kappa shape index (κ2) is 6.24. The van der Waals surface area contributed by atoms with Crippen LogP contribution in [0.2, 0.25) is 5.02 Å². The summed E-state index contributed by atoms with van der Waals surface area (Å²) in [6.45, 7) is 6.03. The summed E-state index contributed by atoms with van der Waals surface area (Å²) in [5.74, 6) is 1.34. The number of rotatable bonds is 5. The van der Waals surface area contributed by atoms with Crippen molar-refractivity contribution in [3.8, 4) is 5.75 Å². The topological polar surface area (TPSA) is 60.2 Å². The van der Waals surface area contributed by atoms with Gasteiger partial charge in [0.25, 0.3) is 0 Å². The third kappa shape index (κ3) is 3.29. The Hall–Kier alpha value is -1.59. The molecule has 0 saturated heterocycles. The second-order valence-electron chi connectivity index (χ2n) is 4.86. The van der Waals surface area contributed by atoms with Gasteiger partial charge in [0.15, 0.2) is 5.82 Å². The molecule has 0 radical (unpaired) electrons. The lowest BCUT2D eigenvalue weighted by atomic mass is 10.1. The summed E-state index contributed by atoms with van der Waals surface area (Å²) in [5.41, 5.74) is 0.660. The zero-order valence-electron chi connectivity index (χ0n) is 11.7. The quantitative estimate of drug-likeness (QED) is 0.920. The van der Waals surface area contributed by atoms with Crippen LogP contribution in [0.4, 0.5) is 0 Å². The van der Waals surface area contributed by atoms with Gasteiger partial charge >= 0.3 is 0 Å². The van der Waals surface area contributed by atoms with E-state index in [2.05, 4.69) is 10.1 Å². The number of nitrogens with zero attached hydrogens (tertiary/aromatic N) is 3. The molecule has 1 aromatic heterocycles. The van der Waals surface area contributed by atoms with E-state index in [0.29, 0.717) is 22.9 Å². The Morgan fingerprint density at radius 2 is 2.10 bits per heavy atom. The highest BCUT2D eigenvalue weighted by atomic mass is 35.5. The summed E-state index contributed by atoms with van der Waals surface area (Å²) in [6.07, 6.45) is 0.863. The molecular weight excluding hydrogens is 278 g/mol. The first-order chi connectivity index (χ1) is 9.49. The fraction of sp³-hybridized carbons (Fsp3) is 0.429. The highest BCUT2D eigenvalue weighted by molar-refractivity contribution is 6.30. The molecule has 0 amide bonds. The minimum atomic E-state index is -0.647.